The van der Waals surface area contributed by atoms with Crippen molar-refractivity contribution in [1.29, 1.82) is 0 Å². The second-order valence-electron chi connectivity index (χ2n) is 5.49. The van der Waals surface area contributed by atoms with E-state index in [-0.39, 0.29) is 17.9 Å². The molecular formula is C13H28N4O2. The Morgan fingerprint density at radius 2 is 1.89 bits per heavy atom. The Morgan fingerprint density at radius 3 is 2.37 bits per heavy atom. The first-order chi connectivity index (χ1) is 8.84. The fraction of sp³-hybridized carbons (Fsp3) is 0.846. The molecule has 0 atom stereocenters. The Hall–Kier alpha value is -1.14. The lowest BCUT2D eigenvalue weighted by Crippen LogP contribution is -2.47. The van der Waals surface area contributed by atoms with Gasteiger partial charge in [-0.25, -0.2) is 4.79 Å². The highest BCUT2D eigenvalue weighted by molar-refractivity contribution is 5.95. The van der Waals surface area contributed by atoms with Crippen LogP contribution in [0.3, 0.4) is 0 Å². The van der Waals surface area contributed by atoms with Crippen molar-refractivity contribution in [3.63, 3.8) is 0 Å². The number of nitrogens with one attached hydrogen (secondary N) is 2. The number of amides is 3. The quantitative estimate of drug-likeness (QED) is 0.601. The SMILES string of the molecule is CCCN(CC(=O)NC(=O)NCC)CC(C)(C)CN. The monoisotopic (exact) mass is 272 g/mol. The van der Waals surface area contributed by atoms with Crippen LogP contribution in [0.5, 0.6) is 0 Å². The Labute approximate surface area is 116 Å². The van der Waals surface area contributed by atoms with E-state index in [0.717, 1.165) is 19.5 Å². The van der Waals surface area contributed by atoms with Crippen LogP contribution in [0.25, 0.3) is 0 Å². The molecule has 6 heteroatoms. The van der Waals surface area contributed by atoms with Crippen molar-refractivity contribution in [3.05, 3.63) is 0 Å². The molecule has 0 saturated carbocycles. The molecule has 0 aliphatic heterocycles. The van der Waals surface area contributed by atoms with Crippen LogP contribution in [0, 0.1) is 5.41 Å². The van der Waals surface area contributed by atoms with E-state index in [9.17, 15) is 9.59 Å². The molecule has 0 aromatic rings. The van der Waals surface area contributed by atoms with E-state index in [1.54, 1.807) is 6.92 Å². The summed E-state index contributed by atoms with van der Waals surface area (Å²) in [5, 5.41) is 4.84. The normalized spacial score (nSPS) is 11.5. The molecule has 0 unspecified atom stereocenters. The number of hydrogen-bond donors (Lipinski definition) is 3. The van der Waals surface area contributed by atoms with Gasteiger partial charge in [0.25, 0.3) is 0 Å². The van der Waals surface area contributed by atoms with Crippen LogP contribution in [0.1, 0.15) is 34.1 Å². The minimum absolute atomic E-state index is 0.0405. The van der Waals surface area contributed by atoms with E-state index >= 15 is 0 Å². The van der Waals surface area contributed by atoms with E-state index in [1.807, 2.05) is 4.90 Å². The lowest BCUT2D eigenvalue weighted by atomic mass is 9.93. The molecule has 0 saturated heterocycles. The van der Waals surface area contributed by atoms with Gasteiger partial charge in [-0.3, -0.25) is 15.0 Å². The number of carbonyl (C=O) groups excluding carboxylic acids is 2. The summed E-state index contributed by atoms with van der Waals surface area (Å²) in [7, 11) is 0. The number of hydrogen-bond acceptors (Lipinski definition) is 4. The summed E-state index contributed by atoms with van der Waals surface area (Å²) >= 11 is 0. The zero-order chi connectivity index (χ0) is 14.9. The molecule has 4 N–H and O–H groups in total. The van der Waals surface area contributed by atoms with Crippen LogP contribution < -0.4 is 16.4 Å². The standard InChI is InChI=1S/C13H28N4O2/c1-5-7-17(10-13(3,4)9-14)8-11(18)16-12(19)15-6-2/h5-10,14H2,1-4H3,(H2,15,16,18,19). The van der Waals surface area contributed by atoms with Gasteiger partial charge in [-0.05, 0) is 31.8 Å². The van der Waals surface area contributed by atoms with E-state index in [1.165, 1.54) is 0 Å². The molecule has 3 amide bonds. The lowest BCUT2D eigenvalue weighted by molar-refractivity contribution is -0.121. The van der Waals surface area contributed by atoms with Gasteiger partial charge in [0.05, 0.1) is 6.54 Å². The summed E-state index contributed by atoms with van der Waals surface area (Å²) in [5.74, 6) is -0.285. The van der Waals surface area contributed by atoms with Crippen molar-refractivity contribution in [3.8, 4) is 0 Å². The smallest absolute Gasteiger partial charge is 0.321 e. The first-order valence-corrected chi connectivity index (χ1v) is 6.84. The van der Waals surface area contributed by atoms with Crippen molar-refractivity contribution >= 4 is 11.9 Å². The third-order valence-electron chi connectivity index (χ3n) is 2.70. The van der Waals surface area contributed by atoms with Gasteiger partial charge in [-0.1, -0.05) is 20.8 Å². The van der Waals surface area contributed by atoms with E-state index in [4.69, 9.17) is 5.73 Å². The molecule has 19 heavy (non-hydrogen) atoms. The molecule has 0 radical (unpaired) electrons. The van der Waals surface area contributed by atoms with Crippen molar-refractivity contribution < 1.29 is 9.59 Å². The molecule has 0 rings (SSSR count). The molecular weight excluding hydrogens is 244 g/mol. The minimum Gasteiger partial charge on any atom is -0.338 e. The Balaban J connectivity index is 4.33. The van der Waals surface area contributed by atoms with E-state index in [2.05, 4.69) is 31.4 Å². The molecule has 0 aromatic carbocycles. The van der Waals surface area contributed by atoms with Gasteiger partial charge in [-0.2, -0.15) is 0 Å². The molecule has 0 fully saturated rings. The molecule has 6 nitrogen and oxygen atoms in total. The van der Waals surface area contributed by atoms with Gasteiger partial charge in [0.1, 0.15) is 0 Å². The van der Waals surface area contributed by atoms with E-state index < -0.39 is 6.03 Å². The van der Waals surface area contributed by atoms with Crippen LogP contribution in [-0.4, -0.2) is 49.6 Å². The molecule has 0 bridgehead atoms. The Kier molecular flexibility index (Phi) is 8.34. The topological polar surface area (TPSA) is 87.5 Å². The number of carbonyl (C=O) groups is 2. The van der Waals surface area contributed by atoms with Crippen LogP contribution in [0.2, 0.25) is 0 Å². The van der Waals surface area contributed by atoms with Gasteiger partial charge in [0.2, 0.25) is 5.91 Å². The molecule has 112 valence electrons. The predicted octanol–water partition coefficient (Wildman–Crippen LogP) is 0.529. The highest BCUT2D eigenvalue weighted by Gasteiger charge is 2.21. The maximum atomic E-state index is 11.7. The van der Waals surface area contributed by atoms with Gasteiger partial charge in [0, 0.05) is 13.1 Å². The maximum absolute atomic E-state index is 11.7. The van der Waals surface area contributed by atoms with Crippen LogP contribution in [0.4, 0.5) is 4.79 Å². The zero-order valence-electron chi connectivity index (χ0n) is 12.6. The van der Waals surface area contributed by atoms with Gasteiger partial charge in [0.15, 0.2) is 0 Å². The van der Waals surface area contributed by atoms with Crippen molar-refractivity contribution in [2.24, 2.45) is 11.1 Å². The lowest BCUT2D eigenvalue weighted by Gasteiger charge is -2.31. The third kappa shape index (κ3) is 8.56. The minimum atomic E-state index is -0.443. The summed E-state index contributed by atoms with van der Waals surface area (Å²) < 4.78 is 0. The number of nitrogens with zero attached hydrogens (tertiary/aromatic N) is 1. The summed E-state index contributed by atoms with van der Waals surface area (Å²) in [4.78, 5) is 25.0. The highest BCUT2D eigenvalue weighted by atomic mass is 16.2. The van der Waals surface area contributed by atoms with Gasteiger partial charge >= 0.3 is 6.03 Å². The van der Waals surface area contributed by atoms with Crippen molar-refractivity contribution in [2.45, 2.75) is 34.1 Å². The summed E-state index contributed by atoms with van der Waals surface area (Å²) in [5.41, 5.74) is 5.67. The molecule has 0 spiro atoms. The number of nitrogens with two attached hydrogens (primary N) is 1. The summed E-state index contributed by atoms with van der Waals surface area (Å²) in [6.45, 7) is 10.8. The van der Waals surface area contributed by atoms with Crippen LogP contribution in [0.15, 0.2) is 0 Å². The molecule has 0 aliphatic carbocycles. The largest absolute Gasteiger partial charge is 0.338 e. The summed E-state index contributed by atoms with van der Waals surface area (Å²) in [6.07, 6.45) is 0.953. The predicted molar refractivity (Wildman–Crippen MR) is 76.8 cm³/mol. The maximum Gasteiger partial charge on any atom is 0.321 e. The highest BCUT2D eigenvalue weighted by Crippen LogP contribution is 2.14. The zero-order valence-corrected chi connectivity index (χ0v) is 12.6. The fourth-order valence-corrected chi connectivity index (χ4v) is 1.77. The second kappa shape index (κ2) is 8.87. The van der Waals surface area contributed by atoms with Crippen molar-refractivity contribution in [1.82, 2.24) is 15.5 Å². The first kappa shape index (κ1) is 17.9. The molecule has 0 aromatic heterocycles. The van der Waals surface area contributed by atoms with Gasteiger partial charge < -0.3 is 11.1 Å². The molecule has 0 heterocycles. The average molecular weight is 272 g/mol. The number of urea groups is 1. The van der Waals surface area contributed by atoms with E-state index in [0.29, 0.717) is 13.1 Å². The fourth-order valence-electron chi connectivity index (χ4n) is 1.77. The number of rotatable bonds is 8. The van der Waals surface area contributed by atoms with Crippen molar-refractivity contribution in [2.75, 3.05) is 32.7 Å². The second-order valence-corrected chi connectivity index (χ2v) is 5.49. The van der Waals surface area contributed by atoms with Crippen LogP contribution >= 0.6 is 0 Å². The Morgan fingerprint density at radius 1 is 1.26 bits per heavy atom. The van der Waals surface area contributed by atoms with Crippen LogP contribution in [-0.2, 0) is 4.79 Å². The average Bonchev–Trinajstić information content (AvgIpc) is 2.28. The molecule has 0 aliphatic rings. The third-order valence-corrected chi connectivity index (χ3v) is 2.70. The summed E-state index contributed by atoms with van der Waals surface area (Å²) in [6, 6.07) is -0.443. The first-order valence-electron chi connectivity index (χ1n) is 6.84. The van der Waals surface area contributed by atoms with Gasteiger partial charge in [-0.15, -0.1) is 0 Å². The number of imide groups is 1. The Bertz CT molecular complexity index is 292.